The average molecular weight is 413 g/mol. The Balaban J connectivity index is 1.85. The third kappa shape index (κ3) is 7.34. The van der Waals surface area contributed by atoms with Gasteiger partial charge in [-0.25, -0.2) is 0 Å². The topological polar surface area (TPSA) is 137 Å². The van der Waals surface area contributed by atoms with Gasteiger partial charge in [-0.1, -0.05) is 16.8 Å². The number of nitrogens with one attached hydrogen (secondary N) is 2. The quantitative estimate of drug-likeness (QED) is 0.313. The van der Waals surface area contributed by atoms with Crippen LogP contribution in [0.25, 0.3) is 0 Å². The molecule has 12 heteroatoms. The highest BCUT2D eigenvalue weighted by Gasteiger charge is 2.39. The molecule has 0 amide bonds. The van der Waals surface area contributed by atoms with Crippen molar-refractivity contribution >= 4 is 8.80 Å². The molecular formula is C16H32N8O3Si. The molecule has 2 N–H and O–H groups in total. The molecule has 11 nitrogen and oxygen atoms in total. The maximum atomic E-state index is 5.94. The summed E-state index contributed by atoms with van der Waals surface area (Å²) in [4.78, 5) is 0. The summed E-state index contributed by atoms with van der Waals surface area (Å²) in [5.41, 5.74) is 0. The van der Waals surface area contributed by atoms with Gasteiger partial charge >= 0.3 is 8.80 Å². The molecule has 158 valence electrons. The lowest BCUT2D eigenvalue weighted by molar-refractivity contribution is 0.0705. The van der Waals surface area contributed by atoms with Gasteiger partial charge in [-0.05, 0) is 46.5 Å². The number of H-pyrrole nitrogens is 2. The Kier molecular flexibility index (Phi) is 10.2. The third-order valence-corrected chi connectivity index (χ3v) is 7.60. The first-order valence-electron chi connectivity index (χ1n) is 10.1. The fourth-order valence-corrected chi connectivity index (χ4v) is 5.91. The molecule has 0 aromatic carbocycles. The average Bonchev–Trinajstić information content (AvgIpc) is 3.38. The monoisotopic (exact) mass is 412 g/mol. The van der Waals surface area contributed by atoms with E-state index >= 15 is 0 Å². The minimum absolute atomic E-state index is 0.237. The van der Waals surface area contributed by atoms with Gasteiger partial charge in [0.25, 0.3) is 0 Å². The highest BCUT2D eigenvalue weighted by molar-refractivity contribution is 6.60. The highest BCUT2D eigenvalue weighted by Crippen LogP contribution is 2.28. The van der Waals surface area contributed by atoms with Crippen molar-refractivity contribution in [2.75, 3.05) is 19.8 Å². The first kappa shape index (κ1) is 22.5. The molecule has 0 bridgehead atoms. The lowest BCUT2D eigenvalue weighted by atomic mass is 9.96. The second-order valence-corrected chi connectivity index (χ2v) is 9.15. The van der Waals surface area contributed by atoms with Gasteiger partial charge in [-0.2, -0.15) is 10.4 Å². The Morgan fingerprint density at radius 3 is 2.04 bits per heavy atom. The third-order valence-electron chi connectivity index (χ3n) is 4.45. The van der Waals surface area contributed by atoms with Crippen LogP contribution in [-0.2, 0) is 19.7 Å². The summed E-state index contributed by atoms with van der Waals surface area (Å²) in [7, 11) is -2.61. The first-order valence-corrected chi connectivity index (χ1v) is 12.0. The minimum atomic E-state index is -2.61. The van der Waals surface area contributed by atoms with E-state index in [1.54, 1.807) is 0 Å². The number of aryl methyl sites for hydroxylation is 1. The molecule has 0 aliphatic carbocycles. The molecule has 1 atom stereocenters. The Labute approximate surface area is 166 Å². The van der Waals surface area contributed by atoms with Gasteiger partial charge in [-0.3, -0.25) is 0 Å². The number of nitrogens with zero attached hydrogens (tertiary/aromatic N) is 6. The van der Waals surface area contributed by atoms with E-state index in [1.165, 1.54) is 0 Å². The van der Waals surface area contributed by atoms with Crippen molar-refractivity contribution in [3.63, 3.8) is 0 Å². The number of rotatable bonds is 16. The van der Waals surface area contributed by atoms with Crippen LogP contribution in [0.15, 0.2) is 0 Å². The Morgan fingerprint density at radius 1 is 0.821 bits per heavy atom. The van der Waals surface area contributed by atoms with Gasteiger partial charge in [-0.15, -0.1) is 20.4 Å². The van der Waals surface area contributed by atoms with Crippen LogP contribution in [0, 0.1) is 0 Å². The second-order valence-electron chi connectivity index (χ2n) is 6.42. The van der Waals surface area contributed by atoms with Crippen molar-refractivity contribution in [3.8, 4) is 0 Å². The summed E-state index contributed by atoms with van der Waals surface area (Å²) in [6, 6.07) is 0.791. The number of tetrazole rings is 2. The summed E-state index contributed by atoms with van der Waals surface area (Å²) in [6.07, 6.45) is 5.66. The molecule has 0 fully saturated rings. The maximum absolute atomic E-state index is 5.94. The SMILES string of the molecule is CCO[Si](CCCC(CCCCc1nn[nH]n1)c1nn[nH]n1)(OCC)OCC. The Bertz CT molecular complexity index is 596. The Morgan fingerprint density at radius 2 is 1.46 bits per heavy atom. The fraction of sp³-hybridized carbons (Fsp3) is 0.875. The van der Waals surface area contributed by atoms with E-state index in [2.05, 4.69) is 41.2 Å². The van der Waals surface area contributed by atoms with Crippen LogP contribution in [0.2, 0.25) is 6.04 Å². The Hall–Kier alpha value is -1.76. The van der Waals surface area contributed by atoms with Gasteiger partial charge < -0.3 is 13.3 Å². The largest absolute Gasteiger partial charge is 0.500 e. The van der Waals surface area contributed by atoms with Gasteiger partial charge in [0.1, 0.15) is 0 Å². The number of unbranched alkanes of at least 4 members (excludes halogenated alkanes) is 1. The summed E-state index contributed by atoms with van der Waals surface area (Å²) < 4.78 is 17.8. The van der Waals surface area contributed by atoms with Crippen LogP contribution in [0.4, 0.5) is 0 Å². The molecule has 0 spiro atoms. The van der Waals surface area contributed by atoms with E-state index in [0.717, 1.165) is 56.2 Å². The van der Waals surface area contributed by atoms with Crippen molar-refractivity contribution in [1.82, 2.24) is 41.2 Å². The molecule has 2 aromatic rings. The lowest BCUT2D eigenvalue weighted by Gasteiger charge is -2.28. The van der Waals surface area contributed by atoms with E-state index in [9.17, 15) is 0 Å². The standard InChI is InChI=1S/C16H32N8O3Si/c1-4-25-28(26-5-2,27-6-3)13-9-11-14(16-19-23-24-20-16)10-7-8-12-15-17-21-22-18-15/h14H,4-13H2,1-3H3,(H,17,18,21,22)(H,19,20,23,24). The molecule has 2 rings (SSSR count). The fourth-order valence-electron chi connectivity index (χ4n) is 3.27. The van der Waals surface area contributed by atoms with E-state index in [-0.39, 0.29) is 5.92 Å². The maximum Gasteiger partial charge on any atom is 0.500 e. The molecule has 0 aliphatic heterocycles. The zero-order chi connectivity index (χ0) is 20.1. The number of aromatic amines is 2. The number of hydrogen-bond donors (Lipinski definition) is 2. The molecule has 0 saturated carbocycles. The predicted molar refractivity (Wildman–Crippen MR) is 103 cm³/mol. The van der Waals surface area contributed by atoms with E-state index in [0.29, 0.717) is 19.8 Å². The summed E-state index contributed by atoms with van der Waals surface area (Å²) in [5, 5.41) is 28.7. The van der Waals surface area contributed by atoms with Gasteiger partial charge in [0.2, 0.25) is 0 Å². The second kappa shape index (κ2) is 12.6. The molecule has 0 radical (unpaired) electrons. The van der Waals surface area contributed by atoms with Gasteiger partial charge in [0.05, 0.1) is 0 Å². The van der Waals surface area contributed by atoms with Crippen LogP contribution in [0.3, 0.4) is 0 Å². The van der Waals surface area contributed by atoms with Gasteiger partial charge in [0.15, 0.2) is 11.6 Å². The molecule has 2 heterocycles. The van der Waals surface area contributed by atoms with Crippen molar-refractivity contribution in [1.29, 1.82) is 0 Å². The normalized spacial score (nSPS) is 13.1. The van der Waals surface area contributed by atoms with Crippen LogP contribution >= 0.6 is 0 Å². The number of aromatic nitrogens is 8. The predicted octanol–water partition coefficient (Wildman–Crippen LogP) is 2.04. The van der Waals surface area contributed by atoms with Crippen molar-refractivity contribution in [2.24, 2.45) is 0 Å². The zero-order valence-electron chi connectivity index (χ0n) is 17.1. The summed E-state index contributed by atoms with van der Waals surface area (Å²) in [5.74, 6) is 1.74. The highest BCUT2D eigenvalue weighted by atomic mass is 28.4. The van der Waals surface area contributed by atoms with E-state index in [1.807, 2.05) is 20.8 Å². The van der Waals surface area contributed by atoms with Crippen LogP contribution in [-0.4, -0.2) is 69.9 Å². The minimum Gasteiger partial charge on any atom is -0.374 e. The van der Waals surface area contributed by atoms with Gasteiger partial charge in [0, 0.05) is 38.2 Å². The molecule has 1 unspecified atom stereocenters. The number of hydrogen-bond acceptors (Lipinski definition) is 9. The van der Waals surface area contributed by atoms with Crippen LogP contribution in [0.5, 0.6) is 0 Å². The van der Waals surface area contributed by atoms with E-state index < -0.39 is 8.80 Å². The summed E-state index contributed by atoms with van der Waals surface area (Å²) >= 11 is 0. The van der Waals surface area contributed by atoms with Crippen molar-refractivity contribution < 1.29 is 13.3 Å². The molecule has 0 aliphatic rings. The smallest absolute Gasteiger partial charge is 0.374 e. The molecule has 2 aromatic heterocycles. The first-order chi connectivity index (χ1) is 13.7. The van der Waals surface area contributed by atoms with E-state index in [4.69, 9.17) is 13.3 Å². The molecular weight excluding hydrogens is 380 g/mol. The zero-order valence-corrected chi connectivity index (χ0v) is 18.1. The molecule has 0 saturated heterocycles. The van der Waals surface area contributed by atoms with Crippen molar-refractivity contribution in [3.05, 3.63) is 11.6 Å². The van der Waals surface area contributed by atoms with Crippen LogP contribution < -0.4 is 0 Å². The summed E-state index contributed by atoms with van der Waals surface area (Å²) in [6.45, 7) is 7.71. The van der Waals surface area contributed by atoms with Crippen LogP contribution in [0.1, 0.15) is 70.4 Å². The lowest BCUT2D eigenvalue weighted by Crippen LogP contribution is -2.45. The van der Waals surface area contributed by atoms with Crippen molar-refractivity contribution in [2.45, 2.75) is 71.3 Å². The molecule has 28 heavy (non-hydrogen) atoms.